The molecule has 7 aromatic rings. The van der Waals surface area contributed by atoms with Crippen LogP contribution in [0.1, 0.15) is 50.6 Å². The van der Waals surface area contributed by atoms with Crippen LogP contribution in [0.3, 0.4) is 0 Å². The third-order valence-electron chi connectivity index (χ3n) is 13.9. The number of aromatic nitrogens is 15. The van der Waals surface area contributed by atoms with Crippen molar-refractivity contribution in [1.29, 1.82) is 0 Å². The number of aryl methyl sites for hydroxylation is 1. The van der Waals surface area contributed by atoms with E-state index in [1.807, 2.05) is 0 Å². The Kier molecular flexibility index (Phi) is 34.6. The van der Waals surface area contributed by atoms with Gasteiger partial charge in [0.15, 0.2) is 52.2 Å². The largest absolute Gasteiger partial charge is 0.490 e. The number of aromatic amines is 3. The molecule has 0 amide bonds. The number of phosphoric ester groups is 5. The zero-order valence-electron chi connectivity index (χ0n) is 59.0. The minimum Gasteiger partial charge on any atom is -0.387 e. The van der Waals surface area contributed by atoms with Gasteiger partial charge >= 0.3 is 70.4 Å². The van der Waals surface area contributed by atoms with Crippen LogP contribution in [0.25, 0.3) is 43.9 Å². The van der Waals surface area contributed by atoms with Crippen molar-refractivity contribution in [3.8, 4) is 24.7 Å². The first-order chi connectivity index (χ1) is 54.1. The Morgan fingerprint density at radius 1 is 0.504 bits per heavy atom. The molecule has 25 N–H and O–H groups in total. The highest BCUT2D eigenvalue weighted by Gasteiger charge is 2.51. The van der Waals surface area contributed by atoms with Crippen molar-refractivity contribution in [1.82, 2.24) is 73.6 Å². The van der Waals surface area contributed by atoms with Crippen molar-refractivity contribution in [3.63, 3.8) is 0 Å². The Balaban J connectivity index is 0.000000260. The minimum absolute atomic E-state index is 0.0364. The molecule has 3 fully saturated rings. The number of aliphatic hydroxyl groups excluding tert-OH is 6. The lowest BCUT2D eigenvalue weighted by Gasteiger charge is -2.20. The van der Waals surface area contributed by atoms with Gasteiger partial charge in [0.25, 0.3) is 16.7 Å². The number of H-pyrrole nitrogens is 3. The number of phosphoric acid groups is 9. The standard InChI is InChI=1S/C15H23N8O14P3.C14H20N5O14P3.C10H16N5O14P3.C5H8.CH3N3/c1-22-4-7(20-21-22)2-3-33-38(27,28)36-40(31,32)37-39(29,30)34-5-8-10(24)11(25)14(35-8)23-6-17-9-12(23)18-15(16)19-13(9)26;1-2-3-4-29-34(23,24)32-36(27,28)33-35(25,26)30-5-7-9(20)10(21)13(31-7)19-6-16-8-11(19)17-14(15)18-12(8)22;11-10-13-7-4(8(18)14-10)12-2-15(7)9-6(17)5(16)3(27-9)1-26-31(22,23)29-32(24,25)28-30(19,20)21;1-3-5-4-2;1-3-4-2/h4,6,8,10-11,14,24-25H,2-3,5H2,1H3,(H,27,28)(H,29,30)(H,31,32)(H3,16,18,19,26);1,6-7,9-10,13,20-21H,3-5H2,(H,23,24)(H,25,26)(H,27,28)(H3,15,17,18,22);2-3,5-6,9,16-17H,1H2,(H,22,23)(H,24,25)(H2,19,20,21)(H3,11,13,14,18);1H,4-5H2,2H3;1H3. The van der Waals surface area contributed by atoms with E-state index in [1.54, 1.807) is 7.05 Å². The minimum atomic E-state index is -5.75. The molecular weight excluding hydrogens is 1790 g/mol. The van der Waals surface area contributed by atoms with Crippen LogP contribution < -0.4 is 33.9 Å². The summed E-state index contributed by atoms with van der Waals surface area (Å²) < 4.78 is 171. The van der Waals surface area contributed by atoms with Gasteiger partial charge in [-0.1, -0.05) is 17.3 Å². The monoisotopic (exact) mass is 1860 g/mol. The Hall–Kier alpha value is -7.11. The highest BCUT2D eigenvalue weighted by atomic mass is 31.3. The fourth-order valence-corrected chi connectivity index (χ4v) is 19.3. The SMILES string of the molecule is C#CCCC.C#CCCOP(=O)(O)OP(=O)(O)OP(=O)(O)OCC1OC(n2cnc3c(=O)[nH]c(N)nc32)C(O)C1O.CN=[N+]=[N-].Cn1cc(CCOP(=O)(O)OP(=O)(O)OP(=O)(O)OCC2OC(n3cnc4c(=O)[nH]c(N)nc43)C(O)C2O)nn1.Nc1nc2c(ncn2C2OC(COP(=O)(O)OP(=O)(O)OP(=O)(O)O)C(O)C2O)c(=O)[nH]1. The van der Waals surface area contributed by atoms with Crippen LogP contribution in [-0.4, -0.2) is 248 Å². The number of azide groups is 1. The molecule has 0 saturated carbocycles. The number of unbranched alkanes of at least 4 members (excludes halogenated alkanes) is 1. The van der Waals surface area contributed by atoms with Crippen LogP contribution in [0.2, 0.25) is 0 Å². The molecule has 63 nitrogen and oxygen atoms in total. The van der Waals surface area contributed by atoms with Gasteiger partial charge in [0, 0.05) is 44.5 Å². The summed E-state index contributed by atoms with van der Waals surface area (Å²) in [5.74, 6) is 3.75. The molecule has 3 aliphatic rings. The van der Waals surface area contributed by atoms with E-state index in [0.29, 0.717) is 5.69 Å². The summed E-state index contributed by atoms with van der Waals surface area (Å²) in [4.78, 5) is 161. The van der Waals surface area contributed by atoms with Gasteiger partial charge in [0.05, 0.1) is 57.7 Å². The van der Waals surface area contributed by atoms with Crippen LogP contribution >= 0.6 is 70.4 Å². The lowest BCUT2D eigenvalue weighted by Crippen LogP contribution is -2.33. The molecule has 20 unspecified atom stereocenters. The van der Waals surface area contributed by atoms with Crippen molar-refractivity contribution >= 4 is 122 Å². The number of aliphatic hydroxyl groups is 6. The molecule has 20 atom stereocenters. The molecule has 7 aromatic heterocycles. The van der Waals surface area contributed by atoms with Crippen molar-refractivity contribution in [2.24, 2.45) is 12.2 Å². The van der Waals surface area contributed by atoms with E-state index in [2.05, 4.69) is 132 Å². The van der Waals surface area contributed by atoms with Crippen LogP contribution in [0.4, 0.5) is 17.8 Å². The summed E-state index contributed by atoms with van der Waals surface area (Å²) in [6.07, 6.45) is -2.87. The Morgan fingerprint density at radius 3 is 1.07 bits per heavy atom. The lowest BCUT2D eigenvalue weighted by atomic mass is 10.1. The highest BCUT2D eigenvalue weighted by Crippen LogP contribution is 2.70. The molecule has 0 aromatic carbocycles. The predicted molar refractivity (Wildman–Crippen MR) is 379 cm³/mol. The van der Waals surface area contributed by atoms with Crippen molar-refractivity contribution in [2.45, 2.75) is 106 Å². The molecule has 117 heavy (non-hydrogen) atoms. The quantitative estimate of drug-likeness (QED) is 0.00493. The number of hydrogen-bond acceptors (Lipinski definition) is 44. The van der Waals surface area contributed by atoms with E-state index in [0.717, 1.165) is 45.5 Å². The van der Waals surface area contributed by atoms with E-state index >= 15 is 0 Å². The van der Waals surface area contributed by atoms with Gasteiger partial charge in [0.2, 0.25) is 17.8 Å². The topological polar surface area (TPSA) is 955 Å². The molecular formula is C45H70N21O42P9. The second-order valence-electron chi connectivity index (χ2n) is 22.6. The van der Waals surface area contributed by atoms with E-state index in [1.165, 1.54) is 17.9 Å². The van der Waals surface area contributed by atoms with Gasteiger partial charge in [-0.05, 0) is 12.0 Å². The number of nitrogens with two attached hydrogens (primary N) is 3. The second-order valence-corrected chi connectivity index (χ2v) is 36.3. The van der Waals surface area contributed by atoms with Crippen LogP contribution in [0, 0.1) is 24.7 Å². The number of fused-ring (bicyclic) bond motifs is 3. The number of nitrogens with zero attached hydrogens (tertiary/aromatic N) is 15. The summed E-state index contributed by atoms with van der Waals surface area (Å²) in [5.41, 5.74) is 21.3. The number of nitrogen functional groups attached to an aromatic ring is 3. The maximum Gasteiger partial charge on any atom is 0.490 e. The summed E-state index contributed by atoms with van der Waals surface area (Å²) in [6.45, 7) is -2.00. The average Bonchev–Trinajstić information content (AvgIpc) is 1.63. The predicted octanol–water partition coefficient (Wildman–Crippen LogP) is -3.22. The number of terminal acetylenes is 2. The first kappa shape index (κ1) is 98.7. The Labute approximate surface area is 649 Å². The summed E-state index contributed by atoms with van der Waals surface area (Å²) >= 11 is 0. The first-order valence-corrected chi connectivity index (χ1v) is 44.7. The van der Waals surface area contributed by atoms with Gasteiger partial charge in [-0.15, -0.1) is 29.8 Å². The van der Waals surface area contributed by atoms with Gasteiger partial charge in [-0.3, -0.25) is 70.3 Å². The number of ether oxygens (including phenoxy) is 3. The molecule has 10 heterocycles. The van der Waals surface area contributed by atoms with Crippen LogP contribution in [0.15, 0.2) is 44.7 Å². The molecule has 652 valence electrons. The number of hydrogen-bond donors (Lipinski definition) is 22. The van der Waals surface area contributed by atoms with Gasteiger partial charge in [-0.25, -0.2) is 56.0 Å². The van der Waals surface area contributed by atoms with Gasteiger partial charge in [0.1, 0.15) is 54.9 Å². The maximum absolute atomic E-state index is 12.2. The molecule has 0 radical (unpaired) electrons. The Morgan fingerprint density at radius 2 is 0.803 bits per heavy atom. The molecule has 72 heteroatoms. The molecule has 0 spiro atoms. The van der Waals surface area contributed by atoms with E-state index in [-0.39, 0.29) is 64.2 Å². The molecule has 3 saturated heterocycles. The maximum atomic E-state index is 12.2. The number of anilines is 3. The van der Waals surface area contributed by atoms with Crippen molar-refractivity contribution < 1.29 is 183 Å². The number of nitrogens with one attached hydrogen (secondary N) is 3. The average molecular weight is 1860 g/mol. The van der Waals surface area contributed by atoms with E-state index in [9.17, 15) is 120 Å². The summed E-state index contributed by atoms with van der Waals surface area (Å²) in [7, 11) is -46.8. The molecule has 3 aliphatic heterocycles. The van der Waals surface area contributed by atoms with E-state index in [4.69, 9.17) is 64.5 Å². The third kappa shape index (κ3) is 29.1. The highest BCUT2D eigenvalue weighted by molar-refractivity contribution is 7.68. The fourth-order valence-electron chi connectivity index (χ4n) is 9.27. The molecule has 0 bridgehead atoms. The number of rotatable bonds is 32. The van der Waals surface area contributed by atoms with Crippen molar-refractivity contribution in [2.75, 3.05) is 57.3 Å². The molecule has 10 rings (SSSR count). The summed E-state index contributed by atoms with van der Waals surface area (Å²) in [6, 6.07) is 0. The normalized spacial score (nSPS) is 25.3. The second kappa shape index (κ2) is 41.0. The van der Waals surface area contributed by atoms with Gasteiger partial charge < -0.3 is 111 Å². The zero-order chi connectivity index (χ0) is 87.9. The summed E-state index contributed by atoms with van der Waals surface area (Å²) in [5, 5.41) is 72.0. The first-order valence-electron chi connectivity index (χ1n) is 31.2. The van der Waals surface area contributed by atoms with Gasteiger partial charge in [-0.2, -0.15) is 40.8 Å². The van der Waals surface area contributed by atoms with Crippen LogP contribution in [-0.2, 0) is 117 Å². The Bertz CT molecular complexity index is 5430. The van der Waals surface area contributed by atoms with E-state index < -0.39 is 194 Å². The smallest absolute Gasteiger partial charge is 0.387 e. The number of imidazole rings is 3. The van der Waals surface area contributed by atoms with Crippen molar-refractivity contribution in [3.05, 3.63) is 72.4 Å². The lowest BCUT2D eigenvalue weighted by molar-refractivity contribution is -0.0503. The third-order valence-corrected chi connectivity index (χ3v) is 26.3. The molecule has 0 aliphatic carbocycles. The van der Waals surface area contributed by atoms with Crippen LogP contribution in [0.5, 0.6) is 0 Å². The zero-order valence-corrected chi connectivity index (χ0v) is 67.0. The fraction of sp³-hybridized carbons (Fsp3) is 0.533.